The van der Waals surface area contributed by atoms with Crippen molar-refractivity contribution in [1.29, 1.82) is 0 Å². The minimum Gasteiger partial charge on any atom is -0.394 e. The first-order valence-corrected chi connectivity index (χ1v) is 9.78. The predicted octanol–water partition coefficient (Wildman–Crippen LogP) is -2.60. The van der Waals surface area contributed by atoms with Gasteiger partial charge in [0.25, 0.3) is 0 Å². The second-order valence-electron chi connectivity index (χ2n) is 8.06. The molecule has 0 saturated carbocycles. The Kier molecular flexibility index (Phi) is 12.8. The summed E-state index contributed by atoms with van der Waals surface area (Å²) in [5, 5.41) is 14.2. The van der Waals surface area contributed by atoms with E-state index < -0.39 is 36.5 Å². The third-order valence-corrected chi connectivity index (χ3v) is 4.20. The number of nitrogens with zero attached hydrogens (tertiary/aromatic N) is 2. The molecule has 0 radical (unpaired) electrons. The number of hydrogen-bond acceptors (Lipinski definition) is 6. The summed E-state index contributed by atoms with van der Waals surface area (Å²) in [5.74, 6) is -1.02. The smallest absolute Gasteiger partial charge is 0.243 e. The molecule has 9 N–H and O–H groups in total. The van der Waals surface area contributed by atoms with Gasteiger partial charge in [-0.3, -0.25) is 14.6 Å². The molecular formula is C18H38N7O4+. The molecule has 0 aliphatic carbocycles. The SMILES string of the molecule is C[N+](C)(C)CCCC[C@H](NC(=O)[C@@H](N)CCCN=C(N)N)C(=O)N[C@H](C=O)CO. The molecule has 2 amide bonds. The van der Waals surface area contributed by atoms with Gasteiger partial charge in [-0.05, 0) is 32.1 Å². The molecule has 3 atom stereocenters. The first-order chi connectivity index (χ1) is 13.5. The predicted molar refractivity (Wildman–Crippen MR) is 112 cm³/mol. The minimum absolute atomic E-state index is 0.0257. The van der Waals surface area contributed by atoms with Crippen LogP contribution in [0.3, 0.4) is 0 Å². The van der Waals surface area contributed by atoms with Gasteiger partial charge in [-0.25, -0.2) is 0 Å². The van der Waals surface area contributed by atoms with Crippen molar-refractivity contribution in [3.63, 3.8) is 0 Å². The molecule has 168 valence electrons. The van der Waals surface area contributed by atoms with Crippen molar-refractivity contribution in [2.75, 3.05) is 40.8 Å². The number of carbonyl (C=O) groups excluding carboxylic acids is 3. The van der Waals surface area contributed by atoms with E-state index in [4.69, 9.17) is 22.3 Å². The summed E-state index contributed by atoms with van der Waals surface area (Å²) in [4.78, 5) is 39.6. The highest BCUT2D eigenvalue weighted by atomic mass is 16.3. The van der Waals surface area contributed by atoms with Crippen LogP contribution in [0, 0.1) is 0 Å². The van der Waals surface area contributed by atoms with Gasteiger partial charge in [0.1, 0.15) is 18.4 Å². The molecule has 11 nitrogen and oxygen atoms in total. The van der Waals surface area contributed by atoms with Crippen molar-refractivity contribution >= 4 is 24.1 Å². The zero-order valence-corrected chi connectivity index (χ0v) is 17.8. The van der Waals surface area contributed by atoms with Crippen LogP contribution < -0.4 is 27.8 Å². The monoisotopic (exact) mass is 416 g/mol. The number of unbranched alkanes of at least 4 members (excludes halogenated alkanes) is 1. The Labute approximate surface area is 172 Å². The van der Waals surface area contributed by atoms with E-state index in [2.05, 4.69) is 36.8 Å². The Morgan fingerprint density at radius 2 is 1.72 bits per heavy atom. The quantitative estimate of drug-likeness (QED) is 0.0555. The number of amides is 2. The van der Waals surface area contributed by atoms with Crippen LogP contribution in [0.5, 0.6) is 0 Å². The first-order valence-electron chi connectivity index (χ1n) is 9.78. The maximum Gasteiger partial charge on any atom is 0.243 e. The molecule has 0 fully saturated rings. The number of quaternary nitrogens is 1. The van der Waals surface area contributed by atoms with Crippen molar-refractivity contribution in [2.45, 2.75) is 50.2 Å². The number of nitrogens with one attached hydrogen (secondary N) is 2. The summed E-state index contributed by atoms with van der Waals surface area (Å²) in [5.41, 5.74) is 16.4. The van der Waals surface area contributed by atoms with Gasteiger partial charge in [-0.1, -0.05) is 0 Å². The van der Waals surface area contributed by atoms with E-state index in [1.807, 2.05) is 0 Å². The van der Waals surface area contributed by atoms with Crippen molar-refractivity contribution in [2.24, 2.45) is 22.2 Å². The number of aliphatic hydroxyl groups is 1. The Morgan fingerprint density at radius 3 is 2.24 bits per heavy atom. The normalized spacial score (nSPS) is 14.4. The minimum atomic E-state index is -1.01. The maximum atomic E-state index is 12.5. The molecule has 0 rings (SSSR count). The number of rotatable bonds is 15. The number of guanidine groups is 1. The van der Waals surface area contributed by atoms with E-state index in [0.29, 0.717) is 38.5 Å². The number of carbonyl (C=O) groups is 3. The molecule has 0 aromatic rings. The number of nitrogens with two attached hydrogens (primary N) is 3. The van der Waals surface area contributed by atoms with Crippen LogP contribution in [0.25, 0.3) is 0 Å². The number of aliphatic hydroxyl groups excluding tert-OH is 1. The summed E-state index contributed by atoms with van der Waals surface area (Å²) in [7, 11) is 6.22. The molecule has 0 heterocycles. The number of aldehydes is 1. The lowest BCUT2D eigenvalue weighted by atomic mass is 10.1. The Morgan fingerprint density at radius 1 is 1.07 bits per heavy atom. The highest BCUT2D eigenvalue weighted by molar-refractivity contribution is 5.90. The summed E-state index contributed by atoms with van der Waals surface area (Å²) in [6, 6.07) is -2.67. The van der Waals surface area contributed by atoms with Gasteiger partial charge in [-0.2, -0.15) is 0 Å². The van der Waals surface area contributed by atoms with Crippen molar-refractivity contribution in [3.05, 3.63) is 0 Å². The molecule has 0 aliphatic rings. The van der Waals surface area contributed by atoms with Gasteiger partial charge < -0.3 is 42.2 Å². The molecular weight excluding hydrogens is 378 g/mol. The van der Waals surface area contributed by atoms with Crippen LogP contribution in [0.4, 0.5) is 0 Å². The molecule has 0 saturated heterocycles. The molecule has 0 aromatic carbocycles. The van der Waals surface area contributed by atoms with Crippen molar-refractivity contribution in [1.82, 2.24) is 10.6 Å². The number of hydrogen-bond donors (Lipinski definition) is 6. The fraction of sp³-hybridized carbons (Fsp3) is 0.778. The summed E-state index contributed by atoms with van der Waals surface area (Å²) in [6.45, 7) is 0.762. The van der Waals surface area contributed by atoms with Gasteiger partial charge >= 0.3 is 0 Å². The van der Waals surface area contributed by atoms with Crippen LogP contribution in [-0.2, 0) is 14.4 Å². The zero-order valence-electron chi connectivity index (χ0n) is 17.8. The fourth-order valence-electron chi connectivity index (χ4n) is 2.54. The molecule has 0 spiro atoms. The molecule has 29 heavy (non-hydrogen) atoms. The van der Waals surface area contributed by atoms with Gasteiger partial charge in [-0.15, -0.1) is 0 Å². The lowest BCUT2D eigenvalue weighted by molar-refractivity contribution is -0.870. The van der Waals surface area contributed by atoms with Crippen LogP contribution >= 0.6 is 0 Å². The number of aliphatic imine (C=N–C) groups is 1. The van der Waals surface area contributed by atoms with E-state index in [0.717, 1.165) is 17.4 Å². The highest BCUT2D eigenvalue weighted by Gasteiger charge is 2.25. The lowest BCUT2D eigenvalue weighted by Gasteiger charge is -2.25. The fourth-order valence-corrected chi connectivity index (χ4v) is 2.54. The third-order valence-electron chi connectivity index (χ3n) is 4.20. The largest absolute Gasteiger partial charge is 0.394 e. The zero-order chi connectivity index (χ0) is 22.4. The van der Waals surface area contributed by atoms with Gasteiger partial charge in [0.2, 0.25) is 11.8 Å². The van der Waals surface area contributed by atoms with Crippen LogP contribution in [0.1, 0.15) is 32.1 Å². The molecule has 0 bridgehead atoms. The van der Waals surface area contributed by atoms with Crippen LogP contribution in [0.2, 0.25) is 0 Å². The Hall–Kier alpha value is -2.24. The second kappa shape index (κ2) is 13.9. The summed E-state index contributed by atoms with van der Waals surface area (Å²) < 4.78 is 0.793. The van der Waals surface area contributed by atoms with E-state index in [1.54, 1.807) is 0 Å². The van der Waals surface area contributed by atoms with Gasteiger partial charge in [0.15, 0.2) is 5.96 Å². The lowest BCUT2D eigenvalue weighted by Crippen LogP contribution is -2.54. The van der Waals surface area contributed by atoms with Crippen molar-refractivity contribution in [3.8, 4) is 0 Å². The first kappa shape index (κ1) is 26.8. The third kappa shape index (κ3) is 13.6. The molecule has 11 heteroatoms. The summed E-state index contributed by atoms with van der Waals surface area (Å²) >= 11 is 0. The maximum absolute atomic E-state index is 12.5. The molecule has 0 unspecified atom stereocenters. The Bertz CT molecular complexity index is 545. The Balaban J connectivity index is 4.80. The van der Waals surface area contributed by atoms with Gasteiger partial charge in [0.05, 0.1) is 40.3 Å². The van der Waals surface area contributed by atoms with Crippen LogP contribution in [-0.4, -0.2) is 92.6 Å². The van der Waals surface area contributed by atoms with E-state index >= 15 is 0 Å². The van der Waals surface area contributed by atoms with Crippen molar-refractivity contribution < 1.29 is 24.0 Å². The highest BCUT2D eigenvalue weighted by Crippen LogP contribution is 2.06. The average Bonchev–Trinajstić information content (AvgIpc) is 2.63. The second-order valence-corrected chi connectivity index (χ2v) is 8.06. The van der Waals surface area contributed by atoms with E-state index in [-0.39, 0.29) is 5.96 Å². The summed E-state index contributed by atoms with van der Waals surface area (Å²) in [6.07, 6.45) is 3.29. The standard InChI is InChI=1S/C18H37N7O4/c1-25(2,3)10-5-4-8-15(17(29)23-13(11-26)12-27)24-16(28)14(19)7-6-9-22-18(20)21/h11,13-15,27H,4-10,12,19H2,1-3H3,(H5-,20,21,22,23,24,28,29)/p+1/t13-,14+,15+/m1/s1. The average molecular weight is 417 g/mol. The van der Waals surface area contributed by atoms with E-state index in [9.17, 15) is 14.4 Å². The molecule has 0 aromatic heterocycles. The van der Waals surface area contributed by atoms with Crippen LogP contribution in [0.15, 0.2) is 4.99 Å². The van der Waals surface area contributed by atoms with E-state index in [1.165, 1.54) is 0 Å². The topological polar surface area (TPSA) is 186 Å². The van der Waals surface area contributed by atoms with Gasteiger partial charge in [0, 0.05) is 6.54 Å². The molecule has 0 aliphatic heterocycles.